The molecule has 0 aromatic carbocycles. The Morgan fingerprint density at radius 2 is 0.726 bits per heavy atom. The van der Waals surface area contributed by atoms with Crippen molar-refractivity contribution in [2.24, 2.45) is 0 Å². The molecule has 1 rings (SSSR count). The van der Waals surface area contributed by atoms with Gasteiger partial charge >= 0.3 is 11.9 Å². The summed E-state index contributed by atoms with van der Waals surface area (Å²) >= 11 is 0. The normalized spacial score (nSPS) is 15.3. The van der Waals surface area contributed by atoms with Gasteiger partial charge in [-0.2, -0.15) is 0 Å². The van der Waals surface area contributed by atoms with Gasteiger partial charge in [0.2, 0.25) is 11.8 Å². The maximum Gasteiger partial charge on any atom is 0.307 e. The van der Waals surface area contributed by atoms with Crippen LogP contribution in [0.4, 0.5) is 0 Å². The summed E-state index contributed by atoms with van der Waals surface area (Å²) in [5.74, 6) is 2.76. The fourth-order valence-corrected chi connectivity index (χ4v) is 11.6. The molecule has 1 aliphatic rings. The molecule has 0 spiro atoms. The molecule has 10 nitrogen and oxygen atoms in total. The minimum Gasteiger partial charge on any atom is -0.463 e. The number of amides is 2. The molecule has 2 amide bonds. The molecule has 364 valence electrons. The summed E-state index contributed by atoms with van der Waals surface area (Å²) in [5, 5.41) is 5.34. The third kappa shape index (κ3) is 35.5. The van der Waals surface area contributed by atoms with E-state index in [2.05, 4.69) is 48.1 Å². The molecule has 62 heavy (non-hydrogen) atoms. The second kappa shape index (κ2) is 44.1. The van der Waals surface area contributed by atoms with Gasteiger partial charge in [-0.3, -0.25) is 19.2 Å². The van der Waals surface area contributed by atoms with Crippen LogP contribution in [0.15, 0.2) is 0 Å². The number of nitrogens with zero attached hydrogens (tertiary/aromatic N) is 2. The van der Waals surface area contributed by atoms with Crippen molar-refractivity contribution in [2.75, 3.05) is 75.5 Å². The maximum absolute atomic E-state index is 12.9. The lowest BCUT2D eigenvalue weighted by Crippen LogP contribution is -2.64. The molecule has 1 fully saturated rings. The van der Waals surface area contributed by atoms with Crippen molar-refractivity contribution < 1.29 is 28.7 Å². The topological polar surface area (TPSA) is 117 Å². The van der Waals surface area contributed by atoms with Crippen molar-refractivity contribution in [1.29, 1.82) is 0 Å². The zero-order chi connectivity index (χ0) is 45.1. The molecule has 0 radical (unpaired) electrons. The fraction of sp³-hybridized carbons (Fsp3) is 0.917. The average Bonchev–Trinajstić information content (AvgIpc) is 3.27. The Bertz CT molecular complexity index is 974. The van der Waals surface area contributed by atoms with Gasteiger partial charge in [0.05, 0.1) is 12.8 Å². The Balaban J connectivity index is 2.46. The second-order valence-electron chi connectivity index (χ2n) is 17.0. The van der Waals surface area contributed by atoms with Crippen LogP contribution in [-0.4, -0.2) is 121 Å². The van der Waals surface area contributed by atoms with Crippen LogP contribution in [0, 0.1) is 0 Å². The van der Waals surface area contributed by atoms with Crippen molar-refractivity contribution >= 4 is 66.9 Å². The highest BCUT2D eigenvalue weighted by molar-refractivity contribution is 8.77. The van der Waals surface area contributed by atoms with Gasteiger partial charge in [-0.15, -0.1) is 0 Å². The van der Waals surface area contributed by atoms with Gasteiger partial charge in [0.1, 0.15) is 25.3 Å². The average molecular weight is 950 g/mol. The van der Waals surface area contributed by atoms with Gasteiger partial charge in [0.15, 0.2) is 0 Å². The predicted octanol–water partition coefficient (Wildman–Crippen LogP) is 11.6. The Hall–Kier alpha value is -0.800. The molecular weight excluding hydrogens is 857 g/mol. The minimum absolute atomic E-state index is 0.226. The molecule has 0 saturated carbocycles. The first-order valence-electron chi connectivity index (χ1n) is 25.2. The molecule has 1 heterocycles. The van der Waals surface area contributed by atoms with E-state index in [-0.39, 0.29) is 38.0 Å². The van der Waals surface area contributed by atoms with Crippen LogP contribution in [0.2, 0.25) is 0 Å². The lowest BCUT2D eigenvalue weighted by Gasteiger charge is -2.29. The highest BCUT2D eigenvalue weighted by Gasteiger charge is 2.35. The smallest absolute Gasteiger partial charge is 0.307 e. The Morgan fingerprint density at radius 1 is 0.419 bits per heavy atom. The van der Waals surface area contributed by atoms with Crippen LogP contribution in [-0.2, 0) is 28.7 Å². The number of rotatable bonds is 46. The van der Waals surface area contributed by atoms with Crippen LogP contribution >= 0.6 is 43.2 Å². The number of hydrogen-bond donors (Lipinski definition) is 2. The van der Waals surface area contributed by atoms with Crippen molar-refractivity contribution in [3.8, 4) is 0 Å². The van der Waals surface area contributed by atoms with Crippen LogP contribution in [0.25, 0.3) is 0 Å². The van der Waals surface area contributed by atoms with E-state index < -0.39 is 23.9 Å². The lowest BCUT2D eigenvalue weighted by atomic mass is 10.1. The summed E-state index contributed by atoms with van der Waals surface area (Å²) in [5.41, 5.74) is 0. The van der Waals surface area contributed by atoms with E-state index in [4.69, 9.17) is 9.47 Å². The van der Waals surface area contributed by atoms with Gasteiger partial charge in [-0.1, -0.05) is 199 Å². The summed E-state index contributed by atoms with van der Waals surface area (Å²) in [6.07, 6.45) is 31.0. The van der Waals surface area contributed by atoms with Crippen molar-refractivity contribution in [1.82, 2.24) is 20.4 Å². The van der Waals surface area contributed by atoms with Gasteiger partial charge < -0.3 is 29.9 Å². The molecule has 2 N–H and O–H groups in total. The van der Waals surface area contributed by atoms with Crippen molar-refractivity contribution in [2.45, 2.75) is 207 Å². The van der Waals surface area contributed by atoms with E-state index in [1.807, 2.05) is 43.2 Å². The Kier molecular flexibility index (Phi) is 42.1. The fourth-order valence-electron chi connectivity index (χ4n) is 7.26. The lowest BCUT2D eigenvalue weighted by molar-refractivity contribution is -0.152. The van der Waals surface area contributed by atoms with E-state index >= 15 is 0 Å². The third-order valence-electron chi connectivity index (χ3n) is 11.3. The number of nitrogens with one attached hydrogen (secondary N) is 2. The Morgan fingerprint density at radius 3 is 1.08 bits per heavy atom. The number of ether oxygens (including phenoxy) is 2. The Labute approximate surface area is 396 Å². The highest BCUT2D eigenvalue weighted by Crippen LogP contribution is 2.24. The number of carbonyl (C=O) groups excluding carboxylic acids is 4. The molecule has 0 aliphatic carbocycles. The minimum atomic E-state index is -0.977. The van der Waals surface area contributed by atoms with Crippen molar-refractivity contribution in [3.05, 3.63) is 0 Å². The summed E-state index contributed by atoms with van der Waals surface area (Å²) in [6.45, 7) is 13.5. The molecule has 0 bridgehead atoms. The monoisotopic (exact) mass is 949 g/mol. The number of piperazine rings is 1. The number of hydrogen-bond acceptors (Lipinski definition) is 12. The summed E-state index contributed by atoms with van der Waals surface area (Å²) in [7, 11) is 7.75. The first-order valence-corrected chi connectivity index (χ1v) is 30.2. The molecule has 0 aromatic rings. The predicted molar refractivity (Wildman–Crippen MR) is 271 cm³/mol. The van der Waals surface area contributed by atoms with E-state index in [1.54, 1.807) is 0 Å². The molecule has 1 aliphatic heterocycles. The van der Waals surface area contributed by atoms with E-state index in [0.717, 1.165) is 50.5 Å². The zero-order valence-electron chi connectivity index (χ0n) is 40.0. The summed E-state index contributed by atoms with van der Waals surface area (Å²) < 4.78 is 11.0. The molecule has 0 unspecified atom stereocenters. The SMILES string of the molecule is CCCCCCCCCCN(CCSSCCCCCC)CCC(=O)OC[C@@H]1NC(=O)[C@H](COC(=O)CCN(CCCCCCCCCC)CCSSCCCCCC)NC1=O. The molecular formula is C48H92N4O6S4. The maximum atomic E-state index is 12.9. The van der Waals surface area contributed by atoms with Crippen LogP contribution in [0.3, 0.4) is 0 Å². The van der Waals surface area contributed by atoms with E-state index in [1.165, 1.54) is 153 Å². The van der Waals surface area contributed by atoms with Crippen LogP contribution in [0.5, 0.6) is 0 Å². The zero-order valence-corrected chi connectivity index (χ0v) is 43.3. The summed E-state index contributed by atoms with van der Waals surface area (Å²) in [6, 6.07) is -1.95. The number of unbranched alkanes of at least 4 members (excludes halogenated alkanes) is 20. The van der Waals surface area contributed by atoms with E-state index in [9.17, 15) is 19.2 Å². The third-order valence-corrected chi connectivity index (χ3v) is 16.3. The highest BCUT2D eigenvalue weighted by atomic mass is 33.1. The van der Waals surface area contributed by atoms with Gasteiger partial charge in [0.25, 0.3) is 0 Å². The molecule has 0 aromatic heterocycles. The molecule has 14 heteroatoms. The van der Waals surface area contributed by atoms with Gasteiger partial charge in [-0.25, -0.2) is 0 Å². The molecule has 2 atom stereocenters. The van der Waals surface area contributed by atoms with Crippen molar-refractivity contribution in [3.63, 3.8) is 0 Å². The molecule has 1 saturated heterocycles. The quantitative estimate of drug-likeness (QED) is 0.0344. The first kappa shape index (κ1) is 59.2. The van der Waals surface area contributed by atoms with Crippen LogP contribution in [0.1, 0.15) is 195 Å². The summed E-state index contributed by atoms with van der Waals surface area (Å²) in [4.78, 5) is 56.2. The standard InChI is InChI=1S/C48H92N4O6S4/c1-5-9-13-17-19-21-23-25-31-51(35-39-61-59-37-27-15-11-7-3)33-29-45(53)57-41-43-47(55)50-44(48(56)49-43)42-58-46(54)30-34-52(32-26-24-22-20-18-14-10-6-2)36-40-62-60-38-28-16-12-8-4/h43-44H,5-42H2,1-4H3,(H,49,56)(H,50,55)/t43-,44-/m0/s1. The van der Waals surface area contributed by atoms with Crippen LogP contribution < -0.4 is 10.6 Å². The number of esters is 2. The van der Waals surface area contributed by atoms with Gasteiger partial charge in [-0.05, 0) is 38.8 Å². The second-order valence-corrected chi connectivity index (χ2v) is 22.4. The largest absolute Gasteiger partial charge is 0.463 e. The number of carbonyl (C=O) groups is 4. The van der Waals surface area contributed by atoms with E-state index in [0.29, 0.717) is 13.1 Å². The first-order chi connectivity index (χ1) is 30.3. The van der Waals surface area contributed by atoms with Gasteiger partial charge in [0, 0.05) is 49.2 Å².